The van der Waals surface area contributed by atoms with Crippen molar-refractivity contribution in [2.24, 2.45) is 0 Å². The molecule has 1 N–H and O–H groups in total. The number of aryl methyl sites for hydroxylation is 1. The third-order valence-electron chi connectivity index (χ3n) is 4.41. The average Bonchev–Trinajstić information content (AvgIpc) is 2.56. The molecule has 1 amide bonds. The van der Waals surface area contributed by atoms with Crippen molar-refractivity contribution < 1.29 is 4.79 Å². The molecule has 3 rings (SSSR count). The molecule has 0 aromatic heterocycles. The molecule has 0 heterocycles. The Kier molecular flexibility index (Phi) is 5.09. The lowest BCUT2D eigenvalue weighted by Crippen LogP contribution is -2.38. The fourth-order valence-corrected chi connectivity index (χ4v) is 3.34. The van der Waals surface area contributed by atoms with Gasteiger partial charge in [0, 0.05) is 6.54 Å². The summed E-state index contributed by atoms with van der Waals surface area (Å²) in [6.07, 6.45) is 3.30. The van der Waals surface area contributed by atoms with Crippen LogP contribution in [0, 0.1) is 0 Å². The maximum Gasteiger partial charge on any atom is 0.234 e. The van der Waals surface area contributed by atoms with Crippen LogP contribution >= 0.6 is 0 Å². The van der Waals surface area contributed by atoms with E-state index in [1.165, 1.54) is 16.7 Å². The van der Waals surface area contributed by atoms with Gasteiger partial charge >= 0.3 is 0 Å². The highest BCUT2D eigenvalue weighted by atomic mass is 16.2. The molecule has 0 fully saturated rings. The molecule has 3 nitrogen and oxygen atoms in total. The lowest BCUT2D eigenvalue weighted by Gasteiger charge is -2.27. The highest BCUT2D eigenvalue weighted by Crippen LogP contribution is 2.29. The Labute approximate surface area is 138 Å². The first kappa shape index (κ1) is 15.8. The second-order valence-corrected chi connectivity index (χ2v) is 6.37. The molecule has 1 aliphatic carbocycles. The molecule has 1 aliphatic rings. The molecule has 0 spiro atoms. The van der Waals surface area contributed by atoms with Gasteiger partial charge in [-0.05, 0) is 43.0 Å². The van der Waals surface area contributed by atoms with E-state index in [9.17, 15) is 4.79 Å². The first-order valence-electron chi connectivity index (χ1n) is 8.32. The van der Waals surface area contributed by atoms with Gasteiger partial charge < -0.3 is 5.32 Å². The van der Waals surface area contributed by atoms with E-state index in [4.69, 9.17) is 0 Å². The summed E-state index contributed by atoms with van der Waals surface area (Å²) in [4.78, 5) is 14.4. The van der Waals surface area contributed by atoms with Crippen molar-refractivity contribution in [3.8, 4) is 0 Å². The van der Waals surface area contributed by atoms with Crippen molar-refractivity contribution in [1.29, 1.82) is 0 Å². The van der Waals surface area contributed by atoms with Crippen LogP contribution in [0.15, 0.2) is 54.6 Å². The van der Waals surface area contributed by atoms with Gasteiger partial charge in [0.25, 0.3) is 0 Å². The predicted molar refractivity (Wildman–Crippen MR) is 93.0 cm³/mol. The third-order valence-corrected chi connectivity index (χ3v) is 4.41. The number of amides is 1. The lowest BCUT2D eigenvalue weighted by atomic mass is 9.88. The van der Waals surface area contributed by atoms with E-state index >= 15 is 0 Å². The quantitative estimate of drug-likeness (QED) is 0.919. The molecule has 0 aliphatic heterocycles. The van der Waals surface area contributed by atoms with Crippen LogP contribution < -0.4 is 5.32 Å². The molecule has 1 atom stereocenters. The van der Waals surface area contributed by atoms with Gasteiger partial charge in [-0.15, -0.1) is 0 Å². The van der Waals surface area contributed by atoms with E-state index in [1.54, 1.807) is 0 Å². The standard InChI is InChI=1S/C20H24N2O/c1-22(14-16-8-3-2-4-9-16)15-20(23)21-19-13-7-11-17-10-5-6-12-18(17)19/h2-6,8-10,12,19H,7,11,13-15H2,1H3,(H,21,23)/t19-/m1/s1. The summed E-state index contributed by atoms with van der Waals surface area (Å²) in [6.45, 7) is 1.21. The summed E-state index contributed by atoms with van der Waals surface area (Å²) in [6, 6.07) is 18.9. The Bertz CT molecular complexity index is 654. The Morgan fingerprint density at radius 1 is 1.13 bits per heavy atom. The molecule has 3 heteroatoms. The number of benzene rings is 2. The Morgan fingerprint density at radius 3 is 2.70 bits per heavy atom. The van der Waals surface area contributed by atoms with E-state index in [0.717, 1.165) is 25.8 Å². The molecule has 2 aromatic rings. The van der Waals surface area contributed by atoms with Crippen LogP contribution in [0.5, 0.6) is 0 Å². The number of fused-ring (bicyclic) bond motifs is 1. The van der Waals surface area contributed by atoms with E-state index < -0.39 is 0 Å². The largest absolute Gasteiger partial charge is 0.348 e. The SMILES string of the molecule is CN(CC(=O)N[C@@H]1CCCc2ccccc21)Cc1ccccc1. The fraction of sp³-hybridized carbons (Fsp3) is 0.350. The zero-order valence-corrected chi connectivity index (χ0v) is 13.7. The van der Waals surface area contributed by atoms with E-state index in [-0.39, 0.29) is 11.9 Å². The smallest absolute Gasteiger partial charge is 0.234 e. The highest BCUT2D eigenvalue weighted by Gasteiger charge is 2.21. The zero-order valence-electron chi connectivity index (χ0n) is 13.7. The van der Waals surface area contributed by atoms with Crippen molar-refractivity contribution in [3.63, 3.8) is 0 Å². The first-order valence-corrected chi connectivity index (χ1v) is 8.32. The Morgan fingerprint density at radius 2 is 1.87 bits per heavy atom. The monoisotopic (exact) mass is 308 g/mol. The van der Waals surface area contributed by atoms with Crippen LogP contribution in [0.2, 0.25) is 0 Å². The maximum atomic E-state index is 12.4. The first-order chi connectivity index (χ1) is 11.2. The minimum atomic E-state index is 0.102. The molecule has 0 bridgehead atoms. The average molecular weight is 308 g/mol. The summed E-state index contributed by atoms with van der Waals surface area (Å²) in [5.74, 6) is 0.102. The summed E-state index contributed by atoms with van der Waals surface area (Å²) in [5.41, 5.74) is 3.89. The van der Waals surface area contributed by atoms with E-state index in [0.29, 0.717) is 6.54 Å². The minimum absolute atomic E-state index is 0.102. The zero-order chi connectivity index (χ0) is 16.1. The van der Waals surface area contributed by atoms with Gasteiger partial charge in [-0.25, -0.2) is 0 Å². The number of carbonyl (C=O) groups excluding carboxylic acids is 1. The second kappa shape index (κ2) is 7.42. The van der Waals surface area contributed by atoms with Crippen LogP contribution in [-0.4, -0.2) is 24.4 Å². The van der Waals surface area contributed by atoms with Crippen molar-refractivity contribution >= 4 is 5.91 Å². The van der Waals surface area contributed by atoms with Crippen LogP contribution in [0.3, 0.4) is 0 Å². The maximum absolute atomic E-state index is 12.4. The van der Waals surface area contributed by atoms with Gasteiger partial charge in [0.15, 0.2) is 0 Å². The van der Waals surface area contributed by atoms with Crippen LogP contribution in [0.1, 0.15) is 35.6 Å². The fourth-order valence-electron chi connectivity index (χ4n) is 3.34. The van der Waals surface area contributed by atoms with E-state index in [2.05, 4.69) is 46.6 Å². The number of nitrogens with one attached hydrogen (secondary N) is 1. The summed E-state index contributed by atoms with van der Waals surface area (Å²) >= 11 is 0. The van der Waals surface area contributed by atoms with Crippen molar-refractivity contribution in [3.05, 3.63) is 71.3 Å². The number of rotatable bonds is 5. The van der Waals surface area contributed by atoms with Crippen LogP contribution in [-0.2, 0) is 17.8 Å². The van der Waals surface area contributed by atoms with Crippen LogP contribution in [0.25, 0.3) is 0 Å². The number of hydrogen-bond acceptors (Lipinski definition) is 2. The molecule has 0 saturated heterocycles. The molecule has 120 valence electrons. The van der Waals surface area contributed by atoms with Gasteiger partial charge in [-0.1, -0.05) is 54.6 Å². The van der Waals surface area contributed by atoms with Gasteiger partial charge in [0.2, 0.25) is 5.91 Å². The summed E-state index contributed by atoms with van der Waals surface area (Å²) in [7, 11) is 1.99. The van der Waals surface area contributed by atoms with Crippen molar-refractivity contribution in [2.45, 2.75) is 31.8 Å². The predicted octanol–water partition coefficient (Wildman–Crippen LogP) is 3.31. The number of hydrogen-bond donors (Lipinski definition) is 1. The van der Waals surface area contributed by atoms with Crippen molar-refractivity contribution in [2.75, 3.05) is 13.6 Å². The lowest BCUT2D eigenvalue weighted by molar-refractivity contribution is -0.122. The molecule has 0 saturated carbocycles. The summed E-state index contributed by atoms with van der Waals surface area (Å²) in [5, 5.41) is 3.21. The van der Waals surface area contributed by atoms with Gasteiger partial charge in [-0.3, -0.25) is 9.69 Å². The second-order valence-electron chi connectivity index (χ2n) is 6.37. The molecular formula is C20H24N2O. The third kappa shape index (κ3) is 4.20. The molecular weight excluding hydrogens is 284 g/mol. The van der Waals surface area contributed by atoms with Gasteiger partial charge in [0.1, 0.15) is 0 Å². The number of likely N-dealkylation sites (N-methyl/N-ethyl adjacent to an activating group) is 1. The molecule has 0 radical (unpaired) electrons. The summed E-state index contributed by atoms with van der Waals surface area (Å²) < 4.78 is 0. The minimum Gasteiger partial charge on any atom is -0.348 e. The Hall–Kier alpha value is -2.13. The molecule has 0 unspecified atom stereocenters. The number of carbonyl (C=O) groups is 1. The number of nitrogens with zero attached hydrogens (tertiary/aromatic N) is 1. The topological polar surface area (TPSA) is 32.3 Å². The molecule has 2 aromatic carbocycles. The van der Waals surface area contributed by atoms with Gasteiger partial charge in [0.05, 0.1) is 12.6 Å². The van der Waals surface area contributed by atoms with E-state index in [1.807, 2.05) is 25.2 Å². The normalized spacial score (nSPS) is 16.9. The molecule has 23 heavy (non-hydrogen) atoms. The highest BCUT2D eigenvalue weighted by molar-refractivity contribution is 5.78. The van der Waals surface area contributed by atoms with Crippen molar-refractivity contribution in [1.82, 2.24) is 10.2 Å². The van der Waals surface area contributed by atoms with Gasteiger partial charge in [-0.2, -0.15) is 0 Å². The van der Waals surface area contributed by atoms with Crippen LogP contribution in [0.4, 0.5) is 0 Å². The Balaban J connectivity index is 1.56.